The van der Waals surface area contributed by atoms with Gasteiger partial charge < -0.3 is 5.32 Å². The van der Waals surface area contributed by atoms with Crippen molar-refractivity contribution >= 4 is 0 Å². The highest BCUT2D eigenvalue weighted by molar-refractivity contribution is 4.71. The van der Waals surface area contributed by atoms with Gasteiger partial charge in [0.05, 0.1) is 0 Å². The molecular weight excluding hydrogens is 242 g/mol. The summed E-state index contributed by atoms with van der Waals surface area (Å²) < 4.78 is 0. The Bertz CT molecular complexity index is 196. The smallest absolute Gasteiger partial charge is 0.00413 e. The molecule has 0 aromatic carbocycles. The summed E-state index contributed by atoms with van der Waals surface area (Å²) in [5.41, 5.74) is 0. The van der Waals surface area contributed by atoms with E-state index in [9.17, 15) is 0 Å². The van der Waals surface area contributed by atoms with Crippen LogP contribution in [-0.2, 0) is 0 Å². The summed E-state index contributed by atoms with van der Waals surface area (Å²) in [4.78, 5) is 0. The van der Waals surface area contributed by atoms with E-state index in [1.165, 1.54) is 96.4 Å². The van der Waals surface area contributed by atoms with Crippen LogP contribution in [0.5, 0.6) is 0 Å². The summed E-state index contributed by atoms with van der Waals surface area (Å²) in [6.45, 7) is 5.92. The highest BCUT2D eigenvalue weighted by Gasteiger charge is 2.15. The lowest BCUT2D eigenvalue weighted by atomic mass is 9.85. The van der Waals surface area contributed by atoms with E-state index in [1.54, 1.807) is 0 Å². The summed E-state index contributed by atoms with van der Waals surface area (Å²) in [7, 11) is 0. The van der Waals surface area contributed by atoms with Crippen molar-refractivity contribution in [1.29, 1.82) is 0 Å². The van der Waals surface area contributed by atoms with Crippen molar-refractivity contribution in [1.82, 2.24) is 5.32 Å². The molecule has 0 saturated heterocycles. The van der Waals surface area contributed by atoms with E-state index in [1.807, 2.05) is 0 Å². The van der Waals surface area contributed by atoms with E-state index in [0.29, 0.717) is 0 Å². The first-order valence-electron chi connectivity index (χ1n) is 9.56. The first-order chi connectivity index (χ1) is 9.83. The molecule has 1 unspecified atom stereocenters. The second-order valence-electron chi connectivity index (χ2n) is 7.07. The molecule has 1 aliphatic rings. The lowest BCUT2D eigenvalue weighted by molar-refractivity contribution is 0.304. The Morgan fingerprint density at radius 2 is 1.45 bits per heavy atom. The molecule has 20 heavy (non-hydrogen) atoms. The molecule has 1 fully saturated rings. The first kappa shape index (κ1) is 18.0. The van der Waals surface area contributed by atoms with Crippen molar-refractivity contribution in [2.24, 2.45) is 5.92 Å². The molecule has 0 radical (unpaired) electrons. The van der Waals surface area contributed by atoms with Gasteiger partial charge in [0.25, 0.3) is 0 Å². The molecular formula is C19H39N. The molecule has 0 heterocycles. The topological polar surface area (TPSA) is 12.0 Å². The van der Waals surface area contributed by atoms with Crippen molar-refractivity contribution in [3.05, 3.63) is 0 Å². The van der Waals surface area contributed by atoms with Crippen LogP contribution in [0.25, 0.3) is 0 Å². The van der Waals surface area contributed by atoms with Gasteiger partial charge in [0.15, 0.2) is 0 Å². The predicted octanol–water partition coefficient (Wildman–Crippen LogP) is 6.08. The third-order valence-corrected chi connectivity index (χ3v) is 4.93. The normalized spacial score (nSPS) is 18.3. The van der Waals surface area contributed by atoms with Gasteiger partial charge in [-0.25, -0.2) is 0 Å². The van der Waals surface area contributed by atoms with Crippen LogP contribution < -0.4 is 5.32 Å². The summed E-state index contributed by atoms with van der Waals surface area (Å²) in [5, 5.41) is 3.74. The van der Waals surface area contributed by atoms with Crippen molar-refractivity contribution < 1.29 is 0 Å². The van der Waals surface area contributed by atoms with Crippen LogP contribution in [0.3, 0.4) is 0 Å². The van der Waals surface area contributed by atoms with Gasteiger partial charge in [-0.3, -0.25) is 0 Å². The average molecular weight is 282 g/mol. The van der Waals surface area contributed by atoms with E-state index in [0.717, 1.165) is 12.0 Å². The fraction of sp³-hybridized carbons (Fsp3) is 1.00. The van der Waals surface area contributed by atoms with Crippen molar-refractivity contribution in [2.75, 3.05) is 6.54 Å². The van der Waals surface area contributed by atoms with Crippen LogP contribution >= 0.6 is 0 Å². The van der Waals surface area contributed by atoms with Crippen LogP contribution in [-0.4, -0.2) is 12.6 Å². The quantitative estimate of drug-likeness (QED) is 0.428. The Morgan fingerprint density at radius 3 is 2.10 bits per heavy atom. The zero-order chi connectivity index (χ0) is 14.5. The van der Waals surface area contributed by atoms with Gasteiger partial charge in [-0.05, 0) is 32.2 Å². The second-order valence-corrected chi connectivity index (χ2v) is 7.07. The van der Waals surface area contributed by atoms with Crippen LogP contribution in [0.15, 0.2) is 0 Å². The summed E-state index contributed by atoms with van der Waals surface area (Å²) >= 11 is 0. The van der Waals surface area contributed by atoms with Gasteiger partial charge in [-0.1, -0.05) is 84.0 Å². The Kier molecular flexibility index (Phi) is 11.4. The second kappa shape index (κ2) is 12.7. The highest BCUT2D eigenvalue weighted by atomic mass is 14.9. The lowest BCUT2D eigenvalue weighted by Gasteiger charge is -2.25. The maximum absolute atomic E-state index is 3.74. The third kappa shape index (κ3) is 9.80. The third-order valence-electron chi connectivity index (χ3n) is 4.93. The minimum Gasteiger partial charge on any atom is -0.314 e. The number of rotatable bonds is 12. The molecule has 1 aliphatic carbocycles. The predicted molar refractivity (Wildman–Crippen MR) is 91.3 cm³/mol. The molecule has 0 spiro atoms. The van der Waals surface area contributed by atoms with Crippen molar-refractivity contribution in [3.63, 3.8) is 0 Å². The molecule has 0 aromatic rings. The fourth-order valence-electron chi connectivity index (χ4n) is 3.61. The van der Waals surface area contributed by atoms with E-state index in [2.05, 4.69) is 19.2 Å². The SMILES string of the molecule is CCCCCCCCCCNC(C)CC1CCCCC1. The molecule has 0 bridgehead atoms. The largest absolute Gasteiger partial charge is 0.314 e. The summed E-state index contributed by atoms with van der Waals surface area (Å²) in [6.07, 6.45) is 20.2. The van der Waals surface area contributed by atoms with Gasteiger partial charge in [-0.2, -0.15) is 0 Å². The summed E-state index contributed by atoms with van der Waals surface area (Å²) in [5.74, 6) is 1.02. The highest BCUT2D eigenvalue weighted by Crippen LogP contribution is 2.27. The average Bonchev–Trinajstić information content (AvgIpc) is 2.46. The lowest BCUT2D eigenvalue weighted by Crippen LogP contribution is -2.29. The van der Waals surface area contributed by atoms with Gasteiger partial charge in [0.2, 0.25) is 0 Å². The maximum atomic E-state index is 3.74. The van der Waals surface area contributed by atoms with Crippen molar-refractivity contribution in [2.45, 2.75) is 110 Å². The Hall–Kier alpha value is -0.0400. The fourth-order valence-corrected chi connectivity index (χ4v) is 3.61. The molecule has 1 saturated carbocycles. The van der Waals surface area contributed by atoms with Crippen LogP contribution in [0.4, 0.5) is 0 Å². The molecule has 0 aromatic heterocycles. The van der Waals surface area contributed by atoms with Crippen LogP contribution in [0.1, 0.15) is 104 Å². The number of nitrogens with one attached hydrogen (secondary N) is 1. The van der Waals surface area contributed by atoms with Crippen molar-refractivity contribution in [3.8, 4) is 0 Å². The monoisotopic (exact) mass is 281 g/mol. The van der Waals surface area contributed by atoms with Crippen LogP contribution in [0, 0.1) is 5.92 Å². The van der Waals surface area contributed by atoms with Gasteiger partial charge in [0, 0.05) is 6.04 Å². The standard InChI is InChI=1S/C19H39N/c1-3-4-5-6-7-8-9-13-16-20-18(2)17-19-14-11-10-12-15-19/h18-20H,3-17H2,1-2H3. The number of hydrogen-bond acceptors (Lipinski definition) is 1. The Balaban J connectivity index is 1.83. The Morgan fingerprint density at radius 1 is 0.850 bits per heavy atom. The molecule has 1 N–H and O–H groups in total. The van der Waals surface area contributed by atoms with E-state index < -0.39 is 0 Å². The van der Waals surface area contributed by atoms with Gasteiger partial charge in [-0.15, -0.1) is 0 Å². The Labute approximate surface area is 128 Å². The van der Waals surface area contributed by atoms with E-state index in [-0.39, 0.29) is 0 Å². The zero-order valence-electron chi connectivity index (χ0n) is 14.3. The first-order valence-corrected chi connectivity index (χ1v) is 9.56. The van der Waals surface area contributed by atoms with Crippen LogP contribution in [0.2, 0.25) is 0 Å². The van der Waals surface area contributed by atoms with E-state index >= 15 is 0 Å². The maximum Gasteiger partial charge on any atom is 0.00413 e. The minimum atomic E-state index is 0.739. The molecule has 120 valence electrons. The zero-order valence-corrected chi connectivity index (χ0v) is 14.3. The molecule has 0 amide bonds. The van der Waals surface area contributed by atoms with Gasteiger partial charge >= 0.3 is 0 Å². The molecule has 1 atom stereocenters. The summed E-state index contributed by atoms with van der Waals surface area (Å²) in [6, 6.07) is 0.739. The molecule has 1 rings (SSSR count). The van der Waals surface area contributed by atoms with E-state index in [4.69, 9.17) is 0 Å². The molecule has 1 heteroatoms. The van der Waals surface area contributed by atoms with Gasteiger partial charge in [0.1, 0.15) is 0 Å². The number of unbranched alkanes of at least 4 members (excludes halogenated alkanes) is 7. The molecule has 0 aliphatic heterocycles. The number of hydrogen-bond donors (Lipinski definition) is 1. The molecule has 1 nitrogen and oxygen atoms in total. The minimum absolute atomic E-state index is 0.739.